The van der Waals surface area contributed by atoms with Gasteiger partial charge in [0, 0.05) is 11.3 Å². The Balaban J connectivity index is 1.80. The van der Waals surface area contributed by atoms with Crippen LogP contribution in [0.5, 0.6) is 0 Å². The molecule has 0 spiro atoms. The molecule has 0 aliphatic heterocycles. The normalized spacial score (nSPS) is 14.5. The van der Waals surface area contributed by atoms with Crippen LogP contribution in [0.25, 0.3) is 16.7 Å². The summed E-state index contributed by atoms with van der Waals surface area (Å²) in [7, 11) is 0. The maximum absolute atomic E-state index is 13.0. The van der Waals surface area contributed by atoms with E-state index in [0.717, 1.165) is 54.1 Å². The van der Waals surface area contributed by atoms with Crippen molar-refractivity contribution >= 4 is 28.6 Å². The number of hydrogen-bond donors (Lipinski definition) is 1. The number of ether oxygens (including phenoxy) is 1. The highest BCUT2D eigenvalue weighted by molar-refractivity contribution is 6.01. The highest BCUT2D eigenvalue weighted by atomic mass is 16.5. The summed E-state index contributed by atoms with van der Waals surface area (Å²) in [4.78, 5) is 30.5. The van der Waals surface area contributed by atoms with Gasteiger partial charge in [-0.25, -0.2) is 9.78 Å². The Labute approximate surface area is 188 Å². The van der Waals surface area contributed by atoms with Gasteiger partial charge in [-0.3, -0.25) is 4.79 Å². The standard InChI is InChI=1S/C25H30N4O3/c1-5-32-25(31)20-14-26-29(23(20)28-24(30)18-9-7-6-8-10-18)21-13-16(3)19-12-15(2)11-17(4)22(19)27-21/h11-14,18H,5-10H2,1-4H3,(H,28,30). The van der Waals surface area contributed by atoms with Crippen LogP contribution in [0.15, 0.2) is 24.4 Å². The van der Waals surface area contributed by atoms with E-state index in [1.807, 2.05) is 19.9 Å². The molecule has 1 aliphatic carbocycles. The predicted molar refractivity (Wildman–Crippen MR) is 124 cm³/mol. The minimum Gasteiger partial charge on any atom is -0.462 e. The lowest BCUT2D eigenvalue weighted by Gasteiger charge is -2.21. The molecule has 0 radical (unpaired) electrons. The first-order valence-electron chi connectivity index (χ1n) is 11.3. The Bertz CT molecular complexity index is 1180. The topological polar surface area (TPSA) is 86.1 Å². The molecule has 7 heteroatoms. The van der Waals surface area contributed by atoms with Crippen LogP contribution < -0.4 is 5.32 Å². The Kier molecular flexibility index (Phi) is 6.26. The number of rotatable bonds is 5. The van der Waals surface area contributed by atoms with Gasteiger partial charge in [-0.05, 0) is 63.8 Å². The number of aryl methyl sites for hydroxylation is 3. The highest BCUT2D eigenvalue weighted by Crippen LogP contribution is 2.29. The van der Waals surface area contributed by atoms with E-state index in [1.165, 1.54) is 11.8 Å². The number of amides is 1. The lowest BCUT2D eigenvalue weighted by atomic mass is 9.88. The minimum absolute atomic E-state index is 0.0568. The SMILES string of the molecule is CCOC(=O)c1cnn(-c2cc(C)c3cc(C)cc(C)c3n2)c1NC(=O)C1CCCCC1. The average Bonchev–Trinajstić information content (AvgIpc) is 3.18. The van der Waals surface area contributed by atoms with Gasteiger partial charge in [0.1, 0.15) is 5.56 Å². The fourth-order valence-corrected chi connectivity index (χ4v) is 4.52. The van der Waals surface area contributed by atoms with Gasteiger partial charge in [0.2, 0.25) is 5.91 Å². The third-order valence-corrected chi connectivity index (χ3v) is 6.14. The number of esters is 1. The van der Waals surface area contributed by atoms with Gasteiger partial charge in [0.15, 0.2) is 11.6 Å². The zero-order valence-corrected chi connectivity index (χ0v) is 19.2. The van der Waals surface area contributed by atoms with Crippen LogP contribution >= 0.6 is 0 Å². The summed E-state index contributed by atoms with van der Waals surface area (Å²) < 4.78 is 6.75. The Morgan fingerprint density at radius 3 is 2.56 bits per heavy atom. The van der Waals surface area contributed by atoms with Crippen molar-refractivity contribution in [2.75, 3.05) is 11.9 Å². The molecule has 2 heterocycles. The fourth-order valence-electron chi connectivity index (χ4n) is 4.52. The first kappa shape index (κ1) is 22.0. The van der Waals surface area contributed by atoms with Gasteiger partial charge in [-0.15, -0.1) is 0 Å². The second kappa shape index (κ2) is 9.10. The maximum Gasteiger partial charge on any atom is 0.343 e. The molecule has 4 rings (SSSR count). The molecule has 1 fully saturated rings. The second-order valence-electron chi connectivity index (χ2n) is 8.64. The number of carbonyl (C=O) groups is 2. The minimum atomic E-state index is -0.512. The average molecular weight is 435 g/mol. The summed E-state index contributed by atoms with van der Waals surface area (Å²) in [5.41, 5.74) is 4.40. The van der Waals surface area contributed by atoms with Crippen molar-refractivity contribution in [3.05, 3.63) is 46.6 Å². The van der Waals surface area contributed by atoms with Crippen LogP contribution in [-0.4, -0.2) is 33.2 Å². The molecule has 0 unspecified atom stereocenters. The molecule has 0 saturated heterocycles. The Morgan fingerprint density at radius 1 is 1.09 bits per heavy atom. The van der Waals surface area contributed by atoms with Crippen LogP contribution in [-0.2, 0) is 9.53 Å². The monoisotopic (exact) mass is 434 g/mol. The molecule has 0 bridgehead atoms. The first-order chi connectivity index (χ1) is 15.4. The molecule has 3 aromatic rings. The summed E-state index contributed by atoms with van der Waals surface area (Å²) in [5, 5.41) is 8.48. The van der Waals surface area contributed by atoms with Crippen molar-refractivity contribution in [1.29, 1.82) is 0 Å². The van der Waals surface area contributed by atoms with E-state index in [2.05, 4.69) is 29.5 Å². The third-order valence-electron chi connectivity index (χ3n) is 6.14. The molecule has 2 aromatic heterocycles. The van der Waals surface area contributed by atoms with E-state index in [1.54, 1.807) is 11.6 Å². The molecule has 0 atom stereocenters. The van der Waals surface area contributed by atoms with Gasteiger partial charge < -0.3 is 10.1 Å². The van der Waals surface area contributed by atoms with Crippen LogP contribution in [0.3, 0.4) is 0 Å². The van der Waals surface area contributed by atoms with E-state index < -0.39 is 5.97 Å². The largest absolute Gasteiger partial charge is 0.462 e. The van der Waals surface area contributed by atoms with Crippen LogP contribution in [0, 0.1) is 26.7 Å². The van der Waals surface area contributed by atoms with E-state index in [-0.39, 0.29) is 24.0 Å². The van der Waals surface area contributed by atoms with Gasteiger partial charge in [-0.2, -0.15) is 9.78 Å². The molecular weight excluding hydrogens is 404 g/mol. The van der Waals surface area contributed by atoms with Crippen LogP contribution in [0.2, 0.25) is 0 Å². The van der Waals surface area contributed by atoms with Crippen molar-refractivity contribution < 1.29 is 14.3 Å². The fraction of sp³-hybridized carbons (Fsp3) is 0.440. The summed E-state index contributed by atoms with van der Waals surface area (Å²) in [6.07, 6.45) is 6.42. The predicted octanol–water partition coefficient (Wildman–Crippen LogP) is 5.04. The molecule has 7 nitrogen and oxygen atoms in total. The van der Waals surface area contributed by atoms with Crippen molar-refractivity contribution in [2.24, 2.45) is 5.92 Å². The van der Waals surface area contributed by atoms with E-state index in [9.17, 15) is 9.59 Å². The summed E-state index contributed by atoms with van der Waals surface area (Å²) in [6, 6.07) is 6.14. The number of pyridine rings is 1. The van der Waals surface area contributed by atoms with Gasteiger partial charge in [-0.1, -0.05) is 30.9 Å². The number of aromatic nitrogens is 3. The van der Waals surface area contributed by atoms with E-state index >= 15 is 0 Å². The second-order valence-corrected chi connectivity index (χ2v) is 8.64. The van der Waals surface area contributed by atoms with Crippen LogP contribution in [0.4, 0.5) is 5.82 Å². The molecule has 1 amide bonds. The summed E-state index contributed by atoms with van der Waals surface area (Å²) in [6.45, 7) is 8.12. The van der Waals surface area contributed by atoms with Crippen molar-refractivity contribution in [3.8, 4) is 5.82 Å². The molecule has 1 N–H and O–H groups in total. The van der Waals surface area contributed by atoms with Crippen molar-refractivity contribution in [3.63, 3.8) is 0 Å². The Morgan fingerprint density at radius 2 is 1.84 bits per heavy atom. The first-order valence-corrected chi connectivity index (χ1v) is 11.3. The van der Waals surface area contributed by atoms with Gasteiger partial charge in [0.05, 0.1) is 18.3 Å². The summed E-state index contributed by atoms with van der Waals surface area (Å²) >= 11 is 0. The smallest absolute Gasteiger partial charge is 0.343 e. The number of fused-ring (bicyclic) bond motifs is 1. The molecular formula is C25H30N4O3. The lowest BCUT2D eigenvalue weighted by molar-refractivity contribution is -0.120. The summed E-state index contributed by atoms with van der Waals surface area (Å²) in [5.74, 6) is 0.216. The molecule has 32 heavy (non-hydrogen) atoms. The number of hydrogen-bond acceptors (Lipinski definition) is 5. The highest BCUT2D eigenvalue weighted by Gasteiger charge is 2.27. The zero-order chi connectivity index (χ0) is 22.8. The number of carbonyl (C=O) groups excluding carboxylic acids is 2. The lowest BCUT2D eigenvalue weighted by Crippen LogP contribution is -2.27. The van der Waals surface area contributed by atoms with Crippen LogP contribution in [0.1, 0.15) is 66.1 Å². The van der Waals surface area contributed by atoms with Gasteiger partial charge in [0.25, 0.3) is 0 Å². The van der Waals surface area contributed by atoms with Crippen molar-refractivity contribution in [2.45, 2.75) is 59.8 Å². The molecule has 1 aliphatic rings. The maximum atomic E-state index is 13.0. The van der Waals surface area contributed by atoms with Crippen molar-refractivity contribution in [1.82, 2.24) is 14.8 Å². The third kappa shape index (κ3) is 4.24. The van der Waals surface area contributed by atoms with E-state index in [0.29, 0.717) is 11.6 Å². The van der Waals surface area contributed by atoms with E-state index in [4.69, 9.17) is 9.72 Å². The molecule has 168 valence electrons. The number of nitrogens with one attached hydrogen (secondary N) is 1. The quantitative estimate of drug-likeness (QED) is 0.569. The zero-order valence-electron chi connectivity index (χ0n) is 19.2. The molecule has 1 aromatic carbocycles. The van der Waals surface area contributed by atoms with Gasteiger partial charge >= 0.3 is 5.97 Å². The number of anilines is 1. The molecule has 1 saturated carbocycles. The Hall–Kier alpha value is -3.22. The number of benzene rings is 1. The number of nitrogens with zero attached hydrogens (tertiary/aromatic N) is 3.